The highest BCUT2D eigenvalue weighted by Crippen LogP contribution is 2.30. The van der Waals surface area contributed by atoms with Gasteiger partial charge in [-0.1, -0.05) is 13.3 Å². The lowest BCUT2D eigenvalue weighted by atomic mass is 10.4. The van der Waals surface area contributed by atoms with Gasteiger partial charge < -0.3 is 9.22 Å². The lowest BCUT2D eigenvalue weighted by molar-refractivity contribution is -0.112. The molecule has 0 aromatic carbocycles. The Kier molecular flexibility index (Phi) is 4.00. The summed E-state index contributed by atoms with van der Waals surface area (Å²) < 4.78 is 5.79. The van der Waals surface area contributed by atoms with Crippen molar-refractivity contribution in [3.05, 3.63) is 0 Å². The third-order valence-electron chi connectivity index (χ3n) is 2.82. The van der Waals surface area contributed by atoms with E-state index < -0.39 is 8.32 Å². The van der Waals surface area contributed by atoms with Gasteiger partial charge in [0.05, 0.1) is 0 Å². The molecule has 2 unspecified atom stereocenters. The molecule has 1 fully saturated rings. The highest BCUT2D eigenvalue weighted by molar-refractivity contribution is 7.83. The minimum absolute atomic E-state index is 0.185. The predicted molar refractivity (Wildman–Crippen MR) is 59.5 cm³/mol. The zero-order chi connectivity index (χ0) is 9.90. The molecule has 0 aromatic heterocycles. The van der Waals surface area contributed by atoms with E-state index in [1.165, 1.54) is 0 Å². The number of hydrogen-bond donors (Lipinski definition) is 1. The SMILES string of the molecule is CCC(S)[Si]1(C(C)=O)CCCCO1. The molecule has 0 radical (unpaired) electrons. The zero-order valence-corrected chi connectivity index (χ0v) is 10.3. The molecule has 0 spiro atoms. The molecule has 13 heavy (non-hydrogen) atoms. The van der Waals surface area contributed by atoms with Crippen LogP contribution < -0.4 is 0 Å². The van der Waals surface area contributed by atoms with Crippen molar-refractivity contribution in [3.63, 3.8) is 0 Å². The maximum atomic E-state index is 11.6. The summed E-state index contributed by atoms with van der Waals surface area (Å²) in [4.78, 5) is 11.8. The van der Waals surface area contributed by atoms with Gasteiger partial charge in [-0.05, 0) is 25.8 Å². The van der Waals surface area contributed by atoms with Crippen molar-refractivity contribution < 1.29 is 9.22 Å². The van der Waals surface area contributed by atoms with E-state index in [1.807, 2.05) is 0 Å². The molecule has 1 heterocycles. The molecule has 4 heteroatoms. The molecule has 1 aliphatic rings. The van der Waals surface area contributed by atoms with Crippen LogP contribution in [-0.4, -0.2) is 25.2 Å². The lowest BCUT2D eigenvalue weighted by Crippen LogP contribution is -2.56. The first kappa shape index (κ1) is 11.3. The van der Waals surface area contributed by atoms with E-state index in [0.29, 0.717) is 0 Å². The highest BCUT2D eigenvalue weighted by atomic mass is 32.1. The van der Waals surface area contributed by atoms with Crippen molar-refractivity contribution in [1.29, 1.82) is 0 Å². The van der Waals surface area contributed by atoms with Gasteiger partial charge in [0.25, 0.3) is 8.32 Å². The number of rotatable bonds is 3. The number of carbonyl (C=O) groups is 1. The summed E-state index contributed by atoms with van der Waals surface area (Å²) in [6.07, 6.45) is 3.18. The van der Waals surface area contributed by atoms with Gasteiger partial charge in [0.1, 0.15) is 5.41 Å². The number of hydrogen-bond acceptors (Lipinski definition) is 3. The maximum Gasteiger partial charge on any atom is 0.276 e. The van der Waals surface area contributed by atoms with Gasteiger partial charge in [0.15, 0.2) is 0 Å². The van der Waals surface area contributed by atoms with Gasteiger partial charge in [-0.25, -0.2) is 0 Å². The molecule has 1 rings (SSSR count). The fraction of sp³-hybridized carbons (Fsp3) is 0.889. The van der Waals surface area contributed by atoms with Gasteiger partial charge in [-0.2, -0.15) is 12.6 Å². The Morgan fingerprint density at radius 3 is 2.69 bits per heavy atom. The molecule has 0 saturated carbocycles. The maximum absolute atomic E-state index is 11.6. The van der Waals surface area contributed by atoms with E-state index in [9.17, 15) is 4.79 Å². The normalized spacial score (nSPS) is 31.3. The predicted octanol–water partition coefficient (Wildman–Crippen LogP) is 2.12. The topological polar surface area (TPSA) is 26.3 Å². The van der Waals surface area contributed by atoms with Crippen LogP contribution in [0.4, 0.5) is 0 Å². The summed E-state index contributed by atoms with van der Waals surface area (Å²) in [5, 5.41) is 0.272. The van der Waals surface area contributed by atoms with Crippen molar-refractivity contribution in [2.75, 3.05) is 6.61 Å². The van der Waals surface area contributed by atoms with E-state index in [0.717, 1.165) is 31.9 Å². The fourth-order valence-corrected chi connectivity index (χ4v) is 6.72. The molecular weight excluding hydrogens is 200 g/mol. The quantitative estimate of drug-likeness (QED) is 0.580. The first-order chi connectivity index (χ1) is 6.13. The van der Waals surface area contributed by atoms with Crippen LogP contribution in [0.15, 0.2) is 0 Å². The molecule has 0 amide bonds. The minimum atomic E-state index is -2.14. The summed E-state index contributed by atoms with van der Waals surface area (Å²) in [7, 11) is -2.14. The minimum Gasteiger partial charge on any atom is -0.408 e. The van der Waals surface area contributed by atoms with Crippen LogP contribution in [0.2, 0.25) is 6.04 Å². The summed E-state index contributed by atoms with van der Waals surface area (Å²) in [6.45, 7) is 4.52. The Morgan fingerprint density at radius 1 is 1.62 bits per heavy atom. The number of carbonyl (C=O) groups excluding carboxylic acids is 1. The third-order valence-corrected chi connectivity index (χ3v) is 8.93. The van der Waals surface area contributed by atoms with Crippen LogP contribution in [-0.2, 0) is 9.22 Å². The molecule has 0 bridgehead atoms. The Labute approximate surface area is 86.6 Å². The molecular formula is C9H18O2SSi. The molecule has 0 N–H and O–H groups in total. The fourth-order valence-electron chi connectivity index (χ4n) is 1.92. The van der Waals surface area contributed by atoms with Crippen molar-refractivity contribution in [2.45, 2.75) is 44.0 Å². The van der Waals surface area contributed by atoms with Gasteiger partial charge in [-0.15, -0.1) is 0 Å². The summed E-state index contributed by atoms with van der Waals surface area (Å²) in [6, 6.07) is 0.977. The molecule has 2 atom stereocenters. The van der Waals surface area contributed by atoms with E-state index in [1.54, 1.807) is 6.92 Å². The Balaban J connectivity index is 2.78. The lowest BCUT2D eigenvalue weighted by Gasteiger charge is -2.36. The number of thiol groups is 1. The van der Waals surface area contributed by atoms with Crippen LogP contribution in [0.5, 0.6) is 0 Å². The largest absolute Gasteiger partial charge is 0.408 e. The average Bonchev–Trinajstić information content (AvgIpc) is 2.17. The van der Waals surface area contributed by atoms with Crippen LogP contribution >= 0.6 is 12.6 Å². The van der Waals surface area contributed by atoms with Gasteiger partial charge in [-0.3, -0.25) is 0 Å². The molecule has 1 saturated heterocycles. The molecule has 0 aromatic rings. The van der Waals surface area contributed by atoms with E-state index in [-0.39, 0.29) is 10.3 Å². The van der Waals surface area contributed by atoms with Gasteiger partial charge in [0, 0.05) is 11.5 Å². The highest BCUT2D eigenvalue weighted by Gasteiger charge is 2.46. The second kappa shape index (κ2) is 4.62. The standard InChI is InChI=1S/C9H18O2SSi/c1-3-9(12)13(8(2)10)7-5-4-6-11-13/h9,12H,3-7H2,1-2H3. The Hall–Kier alpha value is 0.197. The van der Waals surface area contributed by atoms with E-state index in [2.05, 4.69) is 19.6 Å². The van der Waals surface area contributed by atoms with Crippen molar-refractivity contribution in [3.8, 4) is 0 Å². The van der Waals surface area contributed by atoms with Crippen molar-refractivity contribution in [1.82, 2.24) is 0 Å². The monoisotopic (exact) mass is 218 g/mol. The first-order valence-corrected chi connectivity index (χ1v) is 7.67. The van der Waals surface area contributed by atoms with Crippen LogP contribution in [0, 0.1) is 0 Å². The summed E-state index contributed by atoms with van der Waals surface area (Å²) in [5.41, 5.74) is 0. The van der Waals surface area contributed by atoms with E-state index in [4.69, 9.17) is 4.43 Å². The second-order valence-electron chi connectivity index (χ2n) is 3.68. The van der Waals surface area contributed by atoms with Crippen LogP contribution in [0.25, 0.3) is 0 Å². The molecule has 76 valence electrons. The Morgan fingerprint density at radius 2 is 2.31 bits per heavy atom. The molecule has 2 nitrogen and oxygen atoms in total. The van der Waals surface area contributed by atoms with Crippen LogP contribution in [0.1, 0.15) is 33.1 Å². The summed E-state index contributed by atoms with van der Waals surface area (Å²) in [5.74, 6) is 0. The molecule has 0 aliphatic carbocycles. The second-order valence-corrected chi connectivity index (χ2v) is 8.75. The Bertz CT molecular complexity index is 190. The van der Waals surface area contributed by atoms with Crippen molar-refractivity contribution >= 4 is 26.4 Å². The van der Waals surface area contributed by atoms with Gasteiger partial charge >= 0.3 is 0 Å². The van der Waals surface area contributed by atoms with Crippen LogP contribution in [0.3, 0.4) is 0 Å². The third kappa shape index (κ3) is 2.17. The van der Waals surface area contributed by atoms with Gasteiger partial charge in [0.2, 0.25) is 0 Å². The first-order valence-electron chi connectivity index (χ1n) is 4.96. The van der Waals surface area contributed by atoms with E-state index >= 15 is 0 Å². The van der Waals surface area contributed by atoms with Crippen molar-refractivity contribution in [2.24, 2.45) is 0 Å². The summed E-state index contributed by atoms with van der Waals surface area (Å²) >= 11 is 4.51. The smallest absolute Gasteiger partial charge is 0.276 e. The average molecular weight is 218 g/mol. The molecule has 1 aliphatic heterocycles. The zero-order valence-electron chi connectivity index (χ0n) is 8.38.